The lowest BCUT2D eigenvalue weighted by molar-refractivity contribution is -0.113. The Morgan fingerprint density at radius 2 is 1.58 bits per heavy atom. The molecule has 0 unspecified atom stereocenters. The van der Waals surface area contributed by atoms with Crippen LogP contribution in [-0.4, -0.2) is 23.4 Å². The molecule has 0 spiro atoms. The monoisotopic (exact) mass is 665 g/mol. The van der Waals surface area contributed by atoms with Gasteiger partial charge < -0.3 is 4.90 Å². The first-order chi connectivity index (χ1) is 21.0. The fraction of sp³-hybridized carbons (Fsp3) is 0.0606. The molecular formula is C33H24BrN5O2S2. The summed E-state index contributed by atoms with van der Waals surface area (Å²) in [5.74, 6) is 0.0950. The number of carbonyl (C=O) groups is 1. The zero-order chi connectivity index (χ0) is 29.5. The lowest BCUT2D eigenvalue weighted by atomic mass is 10.2. The largest absolute Gasteiger partial charge is 0.337 e. The van der Waals surface area contributed by atoms with Gasteiger partial charge in [0.2, 0.25) is 0 Å². The van der Waals surface area contributed by atoms with E-state index >= 15 is 0 Å². The Labute approximate surface area is 264 Å². The van der Waals surface area contributed by atoms with Gasteiger partial charge in [0.05, 0.1) is 23.6 Å². The molecule has 0 atom stereocenters. The van der Waals surface area contributed by atoms with E-state index in [-0.39, 0.29) is 11.5 Å². The number of hydrogen-bond donors (Lipinski definition) is 1. The SMILES string of the molecule is CN1/C(=c2/s/c(=C3/C(=O)N(c4ccccc4)NC3=Nc3cccc(Br)c3)n(Cc3ccccc3)c2=O)Sc2ccccc21. The quantitative estimate of drug-likeness (QED) is 0.276. The molecule has 1 aromatic heterocycles. The number of fused-ring (bicyclic) bond motifs is 1. The number of anilines is 2. The van der Waals surface area contributed by atoms with Gasteiger partial charge in [0.25, 0.3) is 11.5 Å². The fourth-order valence-corrected chi connectivity index (χ4v) is 7.95. The van der Waals surface area contributed by atoms with Crippen LogP contribution < -0.4 is 30.1 Å². The maximum atomic E-state index is 14.3. The summed E-state index contributed by atoms with van der Waals surface area (Å²) in [5.41, 5.74) is 6.78. The number of aromatic nitrogens is 1. The minimum Gasteiger partial charge on any atom is -0.337 e. The summed E-state index contributed by atoms with van der Waals surface area (Å²) in [7, 11) is 1.97. The van der Waals surface area contributed by atoms with Crippen molar-refractivity contribution < 1.29 is 4.79 Å². The minimum atomic E-state index is -0.282. The van der Waals surface area contributed by atoms with Crippen LogP contribution in [0.3, 0.4) is 0 Å². The molecule has 2 aliphatic rings. The number of rotatable bonds is 4. The summed E-state index contributed by atoms with van der Waals surface area (Å²) in [6.07, 6.45) is 0. The van der Waals surface area contributed by atoms with Crippen molar-refractivity contribution in [3.8, 4) is 0 Å². The first-order valence-corrected chi connectivity index (χ1v) is 15.9. The summed E-state index contributed by atoms with van der Waals surface area (Å²) >= 11 is 6.42. The number of nitrogens with one attached hydrogen (secondary N) is 1. The number of hydrogen-bond acceptors (Lipinski definition) is 6. The maximum absolute atomic E-state index is 14.3. The van der Waals surface area contributed by atoms with Gasteiger partial charge in [-0.1, -0.05) is 94.4 Å². The van der Waals surface area contributed by atoms with Gasteiger partial charge in [0, 0.05) is 16.4 Å². The molecule has 7 rings (SSSR count). The van der Waals surface area contributed by atoms with E-state index < -0.39 is 0 Å². The molecule has 0 aliphatic carbocycles. The third-order valence-corrected chi connectivity index (χ3v) is 10.2. The Morgan fingerprint density at radius 1 is 0.860 bits per heavy atom. The van der Waals surface area contributed by atoms with Crippen LogP contribution in [0.15, 0.2) is 128 Å². The lowest BCUT2D eigenvalue weighted by Crippen LogP contribution is -2.36. The highest BCUT2D eigenvalue weighted by Crippen LogP contribution is 2.45. The normalized spacial score (nSPS) is 17.9. The summed E-state index contributed by atoms with van der Waals surface area (Å²) in [5, 5.41) is 2.33. The van der Waals surface area contributed by atoms with Gasteiger partial charge in [0.15, 0.2) is 5.84 Å². The van der Waals surface area contributed by atoms with Crippen LogP contribution in [0.25, 0.3) is 10.6 Å². The molecule has 10 heteroatoms. The zero-order valence-electron chi connectivity index (χ0n) is 22.9. The second kappa shape index (κ2) is 11.4. The van der Waals surface area contributed by atoms with Gasteiger partial charge in [-0.25, -0.2) is 10.0 Å². The fourth-order valence-electron chi connectivity index (χ4n) is 5.08. The molecule has 43 heavy (non-hydrogen) atoms. The van der Waals surface area contributed by atoms with Crippen molar-refractivity contribution in [3.05, 3.63) is 139 Å². The van der Waals surface area contributed by atoms with Crippen molar-refractivity contribution in [2.24, 2.45) is 4.99 Å². The average molecular weight is 667 g/mol. The van der Waals surface area contributed by atoms with Crippen LogP contribution in [0.5, 0.6) is 0 Å². The Kier molecular flexibility index (Phi) is 7.26. The number of thiazole rings is 1. The van der Waals surface area contributed by atoms with Crippen LogP contribution in [-0.2, 0) is 11.3 Å². The van der Waals surface area contributed by atoms with Gasteiger partial charge in [-0.2, -0.15) is 0 Å². The van der Waals surface area contributed by atoms with Crippen LogP contribution in [0.1, 0.15) is 5.56 Å². The van der Waals surface area contributed by atoms with Crippen molar-refractivity contribution in [3.63, 3.8) is 0 Å². The second-order valence-corrected chi connectivity index (χ2v) is 12.9. The Bertz CT molecular complexity index is 2090. The number of para-hydroxylation sites is 2. The van der Waals surface area contributed by atoms with Gasteiger partial charge in [-0.05, 0) is 48.0 Å². The van der Waals surface area contributed by atoms with Crippen molar-refractivity contribution in [2.75, 3.05) is 17.0 Å². The summed E-state index contributed by atoms with van der Waals surface area (Å²) < 4.78 is 3.71. The predicted octanol–water partition coefficient (Wildman–Crippen LogP) is 5.46. The topological polar surface area (TPSA) is 69.9 Å². The third-order valence-electron chi connectivity index (χ3n) is 7.15. The van der Waals surface area contributed by atoms with E-state index in [1.807, 2.05) is 110 Å². The lowest BCUT2D eigenvalue weighted by Gasteiger charge is -2.14. The first-order valence-electron chi connectivity index (χ1n) is 13.5. The van der Waals surface area contributed by atoms with Crippen molar-refractivity contribution in [1.29, 1.82) is 0 Å². The predicted molar refractivity (Wildman–Crippen MR) is 179 cm³/mol. The van der Waals surface area contributed by atoms with Crippen LogP contribution >= 0.6 is 39.0 Å². The molecule has 0 radical (unpaired) electrons. The van der Waals surface area contributed by atoms with Crippen LogP contribution in [0, 0.1) is 0 Å². The molecule has 3 heterocycles. The number of aliphatic imine (C=N–C) groups is 1. The van der Waals surface area contributed by atoms with E-state index in [2.05, 4.69) is 32.3 Å². The van der Waals surface area contributed by atoms with Crippen LogP contribution in [0.4, 0.5) is 17.1 Å². The third kappa shape index (κ3) is 5.11. The molecule has 1 amide bonds. The Hall–Kier alpha value is -4.38. The van der Waals surface area contributed by atoms with Crippen molar-refractivity contribution >= 4 is 78.4 Å². The molecule has 212 valence electrons. The molecule has 0 saturated carbocycles. The molecule has 5 aromatic rings. The van der Waals surface area contributed by atoms with E-state index in [0.717, 1.165) is 25.6 Å². The summed E-state index contributed by atoms with van der Waals surface area (Å²) in [6, 6.07) is 34.9. The first kappa shape index (κ1) is 27.5. The standard InChI is InChI=1S/C33H24BrN5O2S2/c1-37-25-17-8-9-18-26(25)42-33(37)28-31(41)38(20-21-11-4-2-5-12-21)32(43-28)27-29(35-23-14-10-13-22(34)19-23)36-39(30(27)40)24-15-6-3-7-16-24/h2-19H,20H2,1H3,(H,35,36)/b32-27+,33-28-. The maximum Gasteiger partial charge on any atom is 0.283 e. The highest BCUT2D eigenvalue weighted by Gasteiger charge is 2.36. The van der Waals surface area contributed by atoms with E-state index in [1.54, 1.807) is 16.3 Å². The Morgan fingerprint density at radius 3 is 2.33 bits per heavy atom. The van der Waals surface area contributed by atoms with Crippen molar-refractivity contribution in [1.82, 2.24) is 9.99 Å². The highest BCUT2D eigenvalue weighted by molar-refractivity contribution is 9.10. The number of amides is 1. The number of hydrazine groups is 1. The number of nitrogens with zero attached hydrogens (tertiary/aromatic N) is 4. The molecule has 0 bridgehead atoms. The van der Waals surface area contributed by atoms with Gasteiger partial charge in [-0.3, -0.25) is 19.6 Å². The molecule has 1 N–H and O–H groups in total. The van der Waals surface area contributed by atoms with Gasteiger partial charge >= 0.3 is 0 Å². The summed E-state index contributed by atoms with van der Waals surface area (Å²) in [6.45, 7) is 0.312. The van der Waals surface area contributed by atoms with Crippen molar-refractivity contribution in [2.45, 2.75) is 11.4 Å². The highest BCUT2D eigenvalue weighted by atomic mass is 79.9. The van der Waals surface area contributed by atoms with Gasteiger partial charge in [-0.15, -0.1) is 11.3 Å². The molecule has 1 fully saturated rings. The number of amidine groups is 1. The number of carbonyl (C=O) groups excluding carboxylic acids is 1. The number of benzene rings is 4. The molecule has 2 aliphatic heterocycles. The number of halogens is 1. The Balaban J connectivity index is 1.52. The summed E-state index contributed by atoms with van der Waals surface area (Å²) in [4.78, 5) is 36.6. The minimum absolute atomic E-state index is 0.147. The van der Waals surface area contributed by atoms with Gasteiger partial charge in [0.1, 0.15) is 19.8 Å². The average Bonchev–Trinajstić information content (AvgIpc) is 3.64. The number of thioether (sulfide) groups is 1. The zero-order valence-corrected chi connectivity index (χ0v) is 26.1. The second-order valence-electron chi connectivity index (χ2n) is 9.95. The molecule has 7 nitrogen and oxygen atoms in total. The van der Waals surface area contributed by atoms with E-state index in [0.29, 0.717) is 38.5 Å². The van der Waals surface area contributed by atoms with E-state index in [1.165, 1.54) is 16.3 Å². The molecule has 1 saturated heterocycles. The van der Waals surface area contributed by atoms with E-state index in [4.69, 9.17) is 4.99 Å². The molecule has 4 aromatic carbocycles. The smallest absolute Gasteiger partial charge is 0.283 e. The van der Waals surface area contributed by atoms with E-state index in [9.17, 15) is 9.59 Å². The molecular weight excluding hydrogens is 642 g/mol. The van der Waals surface area contributed by atoms with Crippen LogP contribution in [0.2, 0.25) is 0 Å².